The third-order valence-electron chi connectivity index (χ3n) is 2.10. The molecular formula is C10H10N2O3. The van der Waals surface area contributed by atoms with Gasteiger partial charge in [-0.2, -0.15) is 0 Å². The summed E-state index contributed by atoms with van der Waals surface area (Å²) in [4.78, 5) is 14.6. The fourth-order valence-corrected chi connectivity index (χ4v) is 1.37. The molecule has 0 aliphatic rings. The first kappa shape index (κ1) is 9.67. The Bertz CT molecular complexity index is 459. The lowest BCUT2D eigenvalue weighted by Crippen LogP contribution is -2.22. The van der Waals surface area contributed by atoms with Crippen LogP contribution < -0.4 is 0 Å². The van der Waals surface area contributed by atoms with Gasteiger partial charge in [0, 0.05) is 18.8 Å². The monoisotopic (exact) mass is 206 g/mol. The van der Waals surface area contributed by atoms with Crippen molar-refractivity contribution in [3.8, 4) is 0 Å². The SMILES string of the molecule is O=C(O)C(O)Cc1cn2ccccc2n1. The average molecular weight is 206 g/mol. The number of aliphatic carboxylic acids is 1. The minimum absolute atomic E-state index is 0.0248. The highest BCUT2D eigenvalue weighted by Crippen LogP contribution is 2.06. The zero-order valence-corrected chi connectivity index (χ0v) is 7.87. The Balaban J connectivity index is 2.26. The molecule has 1 atom stereocenters. The fourth-order valence-electron chi connectivity index (χ4n) is 1.37. The molecule has 78 valence electrons. The highest BCUT2D eigenvalue weighted by atomic mass is 16.4. The predicted octanol–water partition coefficient (Wildman–Crippen LogP) is 0.322. The molecule has 0 bridgehead atoms. The summed E-state index contributed by atoms with van der Waals surface area (Å²) in [5.41, 5.74) is 1.31. The maximum Gasteiger partial charge on any atom is 0.332 e. The summed E-state index contributed by atoms with van der Waals surface area (Å²) >= 11 is 0. The standard InChI is InChI=1S/C10H10N2O3/c13-8(10(14)15)5-7-6-12-4-2-1-3-9(12)11-7/h1-4,6,8,13H,5H2,(H,14,15). The first-order valence-corrected chi connectivity index (χ1v) is 4.50. The van der Waals surface area contributed by atoms with Crippen LogP contribution in [0.2, 0.25) is 0 Å². The van der Waals surface area contributed by atoms with Crippen LogP contribution in [-0.2, 0) is 11.2 Å². The van der Waals surface area contributed by atoms with Crippen LogP contribution in [0.25, 0.3) is 5.65 Å². The second-order valence-corrected chi connectivity index (χ2v) is 3.26. The van der Waals surface area contributed by atoms with E-state index >= 15 is 0 Å². The van der Waals surface area contributed by atoms with Crippen molar-refractivity contribution >= 4 is 11.6 Å². The number of aliphatic hydroxyl groups is 1. The fraction of sp³-hybridized carbons (Fsp3) is 0.200. The third kappa shape index (κ3) is 1.97. The lowest BCUT2D eigenvalue weighted by molar-refractivity contribution is -0.146. The number of aromatic nitrogens is 2. The van der Waals surface area contributed by atoms with Crippen LogP contribution in [0.4, 0.5) is 0 Å². The van der Waals surface area contributed by atoms with Gasteiger partial charge in [0.25, 0.3) is 0 Å². The zero-order valence-electron chi connectivity index (χ0n) is 7.87. The highest BCUT2D eigenvalue weighted by molar-refractivity contribution is 5.72. The first-order chi connectivity index (χ1) is 7.16. The summed E-state index contributed by atoms with van der Waals surface area (Å²) < 4.78 is 1.78. The van der Waals surface area contributed by atoms with E-state index in [0.717, 1.165) is 5.65 Å². The molecule has 0 spiro atoms. The summed E-state index contributed by atoms with van der Waals surface area (Å²) in [5.74, 6) is -1.23. The number of hydrogen-bond acceptors (Lipinski definition) is 3. The topological polar surface area (TPSA) is 74.8 Å². The van der Waals surface area contributed by atoms with Crippen LogP contribution in [0.15, 0.2) is 30.6 Å². The maximum absolute atomic E-state index is 10.4. The van der Waals surface area contributed by atoms with Crippen molar-refractivity contribution in [2.45, 2.75) is 12.5 Å². The number of aliphatic hydroxyl groups excluding tert-OH is 1. The van der Waals surface area contributed by atoms with E-state index in [2.05, 4.69) is 4.98 Å². The van der Waals surface area contributed by atoms with Gasteiger partial charge in [0.1, 0.15) is 5.65 Å². The Morgan fingerprint density at radius 1 is 1.53 bits per heavy atom. The van der Waals surface area contributed by atoms with Crippen molar-refractivity contribution in [1.29, 1.82) is 0 Å². The molecule has 1 unspecified atom stereocenters. The molecule has 0 saturated heterocycles. The van der Waals surface area contributed by atoms with Gasteiger partial charge >= 0.3 is 5.97 Å². The van der Waals surface area contributed by atoms with Gasteiger partial charge in [0.15, 0.2) is 6.10 Å². The van der Waals surface area contributed by atoms with Gasteiger partial charge in [-0.25, -0.2) is 9.78 Å². The Kier molecular flexibility index (Phi) is 2.39. The van der Waals surface area contributed by atoms with E-state index in [9.17, 15) is 4.79 Å². The lowest BCUT2D eigenvalue weighted by atomic mass is 10.2. The zero-order chi connectivity index (χ0) is 10.8. The Hall–Kier alpha value is -1.88. The van der Waals surface area contributed by atoms with Gasteiger partial charge in [-0.05, 0) is 12.1 Å². The van der Waals surface area contributed by atoms with E-state index in [4.69, 9.17) is 10.2 Å². The van der Waals surface area contributed by atoms with Crippen LogP contribution >= 0.6 is 0 Å². The number of hydrogen-bond donors (Lipinski definition) is 2. The number of carboxylic acids is 1. The molecule has 0 aromatic carbocycles. The second-order valence-electron chi connectivity index (χ2n) is 3.26. The molecule has 0 aliphatic heterocycles. The Morgan fingerprint density at radius 3 is 3.00 bits per heavy atom. The second kappa shape index (κ2) is 3.70. The quantitative estimate of drug-likeness (QED) is 0.758. The molecule has 2 heterocycles. The number of carboxylic acid groups (broad SMARTS) is 1. The van der Waals surface area contributed by atoms with Crippen LogP contribution in [0.1, 0.15) is 5.69 Å². The van der Waals surface area contributed by atoms with E-state index in [1.54, 1.807) is 10.6 Å². The van der Waals surface area contributed by atoms with Gasteiger partial charge < -0.3 is 14.6 Å². The summed E-state index contributed by atoms with van der Waals surface area (Å²) in [6.07, 6.45) is 2.16. The van der Waals surface area contributed by atoms with Crippen molar-refractivity contribution < 1.29 is 15.0 Å². The number of imidazole rings is 1. The minimum Gasteiger partial charge on any atom is -0.479 e. The summed E-state index contributed by atoms with van der Waals surface area (Å²) in [5, 5.41) is 17.7. The van der Waals surface area contributed by atoms with Crippen LogP contribution in [0, 0.1) is 0 Å². The lowest BCUT2D eigenvalue weighted by Gasteiger charge is -2.00. The first-order valence-electron chi connectivity index (χ1n) is 4.50. The third-order valence-corrected chi connectivity index (χ3v) is 2.10. The number of pyridine rings is 1. The van der Waals surface area contributed by atoms with Gasteiger partial charge in [-0.1, -0.05) is 6.07 Å². The van der Waals surface area contributed by atoms with E-state index in [0.29, 0.717) is 5.69 Å². The summed E-state index contributed by atoms with van der Waals surface area (Å²) in [6.45, 7) is 0. The normalized spacial score (nSPS) is 12.9. The van der Waals surface area contributed by atoms with Crippen LogP contribution in [0.5, 0.6) is 0 Å². The average Bonchev–Trinajstić information content (AvgIpc) is 2.59. The van der Waals surface area contributed by atoms with Crippen molar-refractivity contribution in [2.24, 2.45) is 0 Å². The Morgan fingerprint density at radius 2 is 2.33 bits per heavy atom. The largest absolute Gasteiger partial charge is 0.479 e. The van der Waals surface area contributed by atoms with Crippen LogP contribution in [0.3, 0.4) is 0 Å². The molecular weight excluding hydrogens is 196 g/mol. The highest BCUT2D eigenvalue weighted by Gasteiger charge is 2.15. The van der Waals surface area contributed by atoms with Crippen molar-refractivity contribution in [3.05, 3.63) is 36.3 Å². The smallest absolute Gasteiger partial charge is 0.332 e. The molecule has 0 aliphatic carbocycles. The molecule has 2 aromatic heterocycles. The van der Waals surface area contributed by atoms with E-state index < -0.39 is 12.1 Å². The molecule has 15 heavy (non-hydrogen) atoms. The number of nitrogens with zero attached hydrogens (tertiary/aromatic N) is 2. The minimum atomic E-state index is -1.39. The molecule has 2 aromatic rings. The van der Waals surface area contributed by atoms with Gasteiger partial charge in [0.05, 0.1) is 5.69 Å². The van der Waals surface area contributed by atoms with E-state index in [1.807, 2.05) is 24.4 Å². The molecule has 0 fully saturated rings. The van der Waals surface area contributed by atoms with Gasteiger partial charge in [-0.3, -0.25) is 0 Å². The summed E-state index contributed by atoms with van der Waals surface area (Å²) in [7, 11) is 0. The van der Waals surface area contributed by atoms with E-state index in [1.165, 1.54) is 0 Å². The number of carbonyl (C=O) groups is 1. The van der Waals surface area contributed by atoms with Crippen molar-refractivity contribution in [1.82, 2.24) is 9.38 Å². The number of rotatable bonds is 3. The molecule has 5 heteroatoms. The molecule has 0 saturated carbocycles. The van der Waals surface area contributed by atoms with E-state index in [-0.39, 0.29) is 6.42 Å². The van der Waals surface area contributed by atoms with Crippen LogP contribution in [-0.4, -0.2) is 31.7 Å². The molecule has 2 N–H and O–H groups in total. The molecule has 2 rings (SSSR count). The van der Waals surface area contributed by atoms with Crippen molar-refractivity contribution in [2.75, 3.05) is 0 Å². The van der Waals surface area contributed by atoms with Gasteiger partial charge in [-0.15, -0.1) is 0 Å². The molecule has 5 nitrogen and oxygen atoms in total. The Labute approximate surface area is 85.6 Å². The molecule has 0 radical (unpaired) electrons. The predicted molar refractivity (Wildman–Crippen MR) is 52.5 cm³/mol. The van der Waals surface area contributed by atoms with Gasteiger partial charge in [0.2, 0.25) is 0 Å². The summed E-state index contributed by atoms with van der Waals surface area (Å²) in [6, 6.07) is 5.52. The maximum atomic E-state index is 10.4. The molecule has 0 amide bonds. The van der Waals surface area contributed by atoms with Crippen molar-refractivity contribution in [3.63, 3.8) is 0 Å². The number of fused-ring (bicyclic) bond motifs is 1.